The molecule has 0 spiro atoms. The van der Waals surface area contributed by atoms with Crippen molar-refractivity contribution in [1.29, 1.82) is 0 Å². The fourth-order valence-corrected chi connectivity index (χ4v) is 2.29. The largest absolute Gasteiger partial charge is 0.508 e. The lowest BCUT2D eigenvalue weighted by molar-refractivity contribution is 0.124. The first kappa shape index (κ1) is 16.3. The lowest BCUT2D eigenvalue weighted by atomic mass is 10.0. The number of phenols is 1. The van der Waals surface area contributed by atoms with E-state index in [0.717, 1.165) is 11.3 Å². The summed E-state index contributed by atoms with van der Waals surface area (Å²) in [5.41, 5.74) is 0.772. The van der Waals surface area contributed by atoms with Gasteiger partial charge in [0.1, 0.15) is 18.1 Å². The van der Waals surface area contributed by atoms with Crippen molar-refractivity contribution >= 4 is 0 Å². The number of phenolic OH excluding ortho intramolecular Hbond substituents is 1. The van der Waals surface area contributed by atoms with Gasteiger partial charge in [-0.05, 0) is 43.7 Å². The lowest BCUT2D eigenvalue weighted by Gasteiger charge is -2.25. The molecule has 0 radical (unpaired) electrons. The second kappa shape index (κ2) is 7.82. The molecule has 2 rings (SSSR count). The van der Waals surface area contributed by atoms with Crippen molar-refractivity contribution in [2.45, 2.75) is 32.0 Å². The molecule has 0 amide bonds. The van der Waals surface area contributed by atoms with Crippen LogP contribution in [0.15, 0.2) is 54.6 Å². The van der Waals surface area contributed by atoms with Gasteiger partial charge in [0.2, 0.25) is 0 Å². The van der Waals surface area contributed by atoms with Crippen LogP contribution in [0.1, 0.15) is 25.5 Å². The normalized spacial score (nSPS) is 15.0. The molecule has 3 atom stereocenters. The van der Waals surface area contributed by atoms with E-state index >= 15 is 0 Å². The number of aliphatic hydroxyl groups excluding tert-OH is 1. The van der Waals surface area contributed by atoms with Crippen LogP contribution in [0.5, 0.6) is 11.5 Å². The molecule has 0 fully saturated rings. The van der Waals surface area contributed by atoms with Gasteiger partial charge < -0.3 is 20.3 Å². The van der Waals surface area contributed by atoms with Crippen LogP contribution in [0.2, 0.25) is 0 Å². The second-order valence-corrected chi connectivity index (χ2v) is 5.52. The average molecular weight is 301 g/mol. The van der Waals surface area contributed by atoms with Crippen LogP contribution >= 0.6 is 0 Å². The van der Waals surface area contributed by atoms with Crippen LogP contribution in [0.4, 0.5) is 0 Å². The highest BCUT2D eigenvalue weighted by atomic mass is 16.5. The van der Waals surface area contributed by atoms with E-state index in [-0.39, 0.29) is 17.8 Å². The predicted octanol–water partition coefficient (Wildman–Crippen LogP) is 2.87. The number of para-hydroxylation sites is 1. The van der Waals surface area contributed by atoms with Gasteiger partial charge in [0, 0.05) is 12.1 Å². The molecule has 2 aromatic carbocycles. The maximum atomic E-state index is 10.3. The number of aromatic hydroxyl groups is 1. The summed E-state index contributed by atoms with van der Waals surface area (Å²) in [7, 11) is 0. The minimum Gasteiger partial charge on any atom is -0.508 e. The van der Waals surface area contributed by atoms with Crippen LogP contribution in [0, 0.1) is 0 Å². The predicted molar refractivity (Wildman–Crippen MR) is 87.1 cm³/mol. The summed E-state index contributed by atoms with van der Waals surface area (Å²) < 4.78 is 5.69. The van der Waals surface area contributed by atoms with E-state index in [1.165, 1.54) is 0 Å². The van der Waals surface area contributed by atoms with E-state index < -0.39 is 6.10 Å². The molecule has 4 nitrogen and oxygen atoms in total. The molecule has 0 saturated carbocycles. The third kappa shape index (κ3) is 4.76. The standard InChI is InChI=1S/C18H23NO3/c1-13(12-22-17-6-4-3-5-7-17)19-14(2)18(21)15-8-10-16(20)11-9-15/h3-11,13-14,18-21H,12H2,1-2H3/t13-,14+,18-/m0/s1. The third-order valence-corrected chi connectivity index (χ3v) is 3.50. The van der Waals surface area contributed by atoms with E-state index in [4.69, 9.17) is 4.74 Å². The van der Waals surface area contributed by atoms with Gasteiger partial charge in [0.15, 0.2) is 0 Å². The summed E-state index contributed by atoms with van der Waals surface area (Å²) >= 11 is 0. The van der Waals surface area contributed by atoms with E-state index in [9.17, 15) is 10.2 Å². The van der Waals surface area contributed by atoms with Crippen molar-refractivity contribution in [1.82, 2.24) is 5.32 Å². The summed E-state index contributed by atoms with van der Waals surface area (Å²) in [5, 5.41) is 22.9. The van der Waals surface area contributed by atoms with Crippen LogP contribution < -0.4 is 10.1 Å². The Hall–Kier alpha value is -2.04. The Balaban J connectivity index is 1.82. The first-order valence-electron chi connectivity index (χ1n) is 7.47. The molecule has 3 N–H and O–H groups in total. The van der Waals surface area contributed by atoms with Crippen LogP contribution in [-0.4, -0.2) is 28.9 Å². The minimum absolute atomic E-state index is 0.0990. The first-order chi connectivity index (χ1) is 10.6. The molecule has 2 aromatic rings. The first-order valence-corrected chi connectivity index (χ1v) is 7.47. The molecule has 0 aliphatic rings. The Morgan fingerprint density at radius 1 is 1.00 bits per heavy atom. The summed E-state index contributed by atoms with van der Waals surface area (Å²) in [4.78, 5) is 0. The van der Waals surface area contributed by atoms with E-state index in [1.54, 1.807) is 24.3 Å². The highest BCUT2D eigenvalue weighted by Gasteiger charge is 2.18. The Morgan fingerprint density at radius 3 is 2.27 bits per heavy atom. The molecular weight excluding hydrogens is 278 g/mol. The monoisotopic (exact) mass is 301 g/mol. The Kier molecular flexibility index (Phi) is 5.81. The number of nitrogens with one attached hydrogen (secondary N) is 1. The van der Waals surface area contributed by atoms with Gasteiger partial charge in [-0.2, -0.15) is 0 Å². The summed E-state index contributed by atoms with van der Waals surface area (Å²) in [6, 6.07) is 16.2. The molecule has 118 valence electrons. The smallest absolute Gasteiger partial charge is 0.119 e. The van der Waals surface area contributed by atoms with Gasteiger partial charge in [0.05, 0.1) is 6.10 Å². The van der Waals surface area contributed by atoms with Crippen molar-refractivity contribution in [3.63, 3.8) is 0 Å². The molecule has 4 heteroatoms. The number of ether oxygens (including phenoxy) is 1. The fourth-order valence-electron chi connectivity index (χ4n) is 2.29. The van der Waals surface area contributed by atoms with E-state index in [1.807, 2.05) is 44.2 Å². The second-order valence-electron chi connectivity index (χ2n) is 5.52. The SMILES string of the molecule is C[C@@H](COc1ccccc1)N[C@H](C)[C@H](O)c1ccc(O)cc1. The Labute approximate surface area is 131 Å². The number of hydrogen-bond acceptors (Lipinski definition) is 4. The van der Waals surface area contributed by atoms with Crippen LogP contribution in [0.3, 0.4) is 0 Å². The molecular formula is C18H23NO3. The average Bonchev–Trinajstić information content (AvgIpc) is 2.54. The Morgan fingerprint density at radius 2 is 1.64 bits per heavy atom. The van der Waals surface area contributed by atoms with Gasteiger partial charge in [0.25, 0.3) is 0 Å². The van der Waals surface area contributed by atoms with Crippen LogP contribution in [-0.2, 0) is 0 Å². The fraction of sp³-hybridized carbons (Fsp3) is 0.333. The molecule has 0 unspecified atom stereocenters. The molecule has 0 aliphatic carbocycles. The zero-order valence-corrected chi connectivity index (χ0v) is 12.9. The minimum atomic E-state index is -0.639. The lowest BCUT2D eigenvalue weighted by Crippen LogP contribution is -2.41. The maximum Gasteiger partial charge on any atom is 0.119 e. The molecule has 0 aromatic heterocycles. The van der Waals surface area contributed by atoms with Gasteiger partial charge in [-0.15, -0.1) is 0 Å². The number of rotatable bonds is 7. The Bertz CT molecular complexity index is 556. The number of benzene rings is 2. The zero-order chi connectivity index (χ0) is 15.9. The molecule has 0 heterocycles. The summed E-state index contributed by atoms with van der Waals surface area (Å²) in [6.45, 7) is 4.47. The van der Waals surface area contributed by atoms with Gasteiger partial charge in [-0.1, -0.05) is 30.3 Å². The highest BCUT2D eigenvalue weighted by Crippen LogP contribution is 2.20. The summed E-state index contributed by atoms with van der Waals surface area (Å²) in [5.74, 6) is 1.03. The van der Waals surface area contributed by atoms with Crippen molar-refractivity contribution in [3.8, 4) is 11.5 Å². The number of aliphatic hydroxyl groups is 1. The van der Waals surface area contributed by atoms with Crippen molar-refractivity contribution in [2.75, 3.05) is 6.61 Å². The zero-order valence-electron chi connectivity index (χ0n) is 12.9. The van der Waals surface area contributed by atoms with Crippen molar-refractivity contribution < 1.29 is 14.9 Å². The number of hydrogen-bond donors (Lipinski definition) is 3. The quantitative estimate of drug-likeness (QED) is 0.736. The molecule has 22 heavy (non-hydrogen) atoms. The van der Waals surface area contributed by atoms with Gasteiger partial charge in [-0.3, -0.25) is 0 Å². The highest BCUT2D eigenvalue weighted by molar-refractivity contribution is 5.28. The summed E-state index contributed by atoms with van der Waals surface area (Å²) in [6.07, 6.45) is -0.639. The van der Waals surface area contributed by atoms with E-state index in [0.29, 0.717) is 6.61 Å². The van der Waals surface area contributed by atoms with E-state index in [2.05, 4.69) is 5.32 Å². The third-order valence-electron chi connectivity index (χ3n) is 3.50. The molecule has 0 aliphatic heterocycles. The van der Waals surface area contributed by atoms with Crippen molar-refractivity contribution in [3.05, 3.63) is 60.2 Å². The topological polar surface area (TPSA) is 61.7 Å². The molecule has 0 saturated heterocycles. The van der Waals surface area contributed by atoms with Gasteiger partial charge in [-0.25, -0.2) is 0 Å². The maximum absolute atomic E-state index is 10.3. The van der Waals surface area contributed by atoms with Crippen molar-refractivity contribution in [2.24, 2.45) is 0 Å². The molecule has 0 bridgehead atoms. The van der Waals surface area contributed by atoms with Crippen LogP contribution in [0.25, 0.3) is 0 Å². The van der Waals surface area contributed by atoms with Gasteiger partial charge >= 0.3 is 0 Å².